The first kappa shape index (κ1) is 23.8. The third-order valence-electron chi connectivity index (χ3n) is 6.61. The van der Waals surface area contributed by atoms with E-state index in [0.29, 0.717) is 29.1 Å². The number of hydrogen-bond donors (Lipinski definition) is 1. The number of aromatic amines is 1. The summed E-state index contributed by atoms with van der Waals surface area (Å²) in [5, 5.41) is 0. The van der Waals surface area contributed by atoms with E-state index in [1.165, 1.54) is 6.07 Å². The summed E-state index contributed by atoms with van der Waals surface area (Å²) in [6.45, 7) is 13.9. The zero-order valence-corrected chi connectivity index (χ0v) is 20.5. The number of rotatable bonds is 3. The Kier molecular flexibility index (Phi) is 5.85. The zero-order chi connectivity index (χ0) is 24.2. The van der Waals surface area contributed by atoms with Crippen molar-refractivity contribution in [3.63, 3.8) is 0 Å². The smallest absolute Gasteiger partial charge is 0.444 e. The molecule has 1 N–H and O–H groups in total. The molecule has 2 fully saturated rings. The molecular formula is C24H33BFN3O4. The van der Waals surface area contributed by atoms with E-state index in [0.717, 1.165) is 12.8 Å². The highest BCUT2D eigenvalue weighted by Gasteiger charge is 2.52. The Bertz CT molecular complexity index is 1030. The Labute approximate surface area is 195 Å². The minimum atomic E-state index is -0.762. The summed E-state index contributed by atoms with van der Waals surface area (Å²) in [4.78, 5) is 22.1. The SMILES string of the molecule is CC(C)(C)OC(=O)N1CCC[C@H]1c1ncc(-c2ccc(B3OC(C)(C)C(C)(C)O3)c(F)c2)[nH]1. The number of imidazole rings is 1. The van der Waals surface area contributed by atoms with Gasteiger partial charge in [0.05, 0.1) is 29.1 Å². The Hall–Kier alpha value is -2.39. The Morgan fingerprint density at radius 3 is 2.52 bits per heavy atom. The van der Waals surface area contributed by atoms with Crippen LogP contribution in [-0.4, -0.2) is 51.4 Å². The highest BCUT2D eigenvalue weighted by molar-refractivity contribution is 6.62. The first-order chi connectivity index (χ1) is 15.3. The maximum absolute atomic E-state index is 15.1. The van der Waals surface area contributed by atoms with Gasteiger partial charge in [0.1, 0.15) is 17.2 Å². The van der Waals surface area contributed by atoms with E-state index < -0.39 is 29.7 Å². The molecule has 0 radical (unpaired) electrons. The number of amides is 1. The normalized spacial score (nSPS) is 22.1. The average Bonchev–Trinajstić information content (AvgIpc) is 3.38. The van der Waals surface area contributed by atoms with Crippen molar-refractivity contribution in [2.75, 3.05) is 6.54 Å². The first-order valence-corrected chi connectivity index (χ1v) is 11.5. The van der Waals surface area contributed by atoms with Gasteiger partial charge < -0.3 is 19.0 Å². The van der Waals surface area contributed by atoms with Gasteiger partial charge in [0, 0.05) is 17.6 Å². The number of ether oxygens (including phenoxy) is 1. The zero-order valence-electron chi connectivity index (χ0n) is 20.5. The van der Waals surface area contributed by atoms with E-state index in [9.17, 15) is 4.79 Å². The summed E-state index contributed by atoms with van der Waals surface area (Å²) in [5.74, 6) is 0.266. The fourth-order valence-corrected chi connectivity index (χ4v) is 4.10. The number of carbonyl (C=O) groups is 1. The number of aromatic nitrogens is 2. The van der Waals surface area contributed by atoms with Crippen LogP contribution < -0.4 is 5.46 Å². The van der Waals surface area contributed by atoms with Crippen LogP contribution in [0.5, 0.6) is 0 Å². The van der Waals surface area contributed by atoms with Crippen LogP contribution in [0, 0.1) is 5.82 Å². The molecule has 178 valence electrons. The summed E-state index contributed by atoms with van der Waals surface area (Å²) in [6, 6.07) is 4.77. The van der Waals surface area contributed by atoms with E-state index in [1.54, 1.807) is 17.2 Å². The van der Waals surface area contributed by atoms with E-state index in [-0.39, 0.29) is 12.1 Å². The molecule has 7 nitrogen and oxygen atoms in total. The lowest BCUT2D eigenvalue weighted by Gasteiger charge is -2.32. The molecule has 0 spiro atoms. The standard InChI is InChI=1S/C24H33BFN3O4/c1-22(2,3)31-21(30)29-12-8-9-19(29)20-27-14-18(28-20)15-10-11-16(17(26)13-15)25-32-23(4,5)24(6,7)33-25/h10-11,13-14,19H,8-9,12H2,1-7H3,(H,27,28)/t19-/m0/s1. The van der Waals surface area contributed by atoms with Crippen molar-refractivity contribution in [2.45, 2.75) is 84.2 Å². The predicted octanol–water partition coefficient (Wildman–Crippen LogP) is 4.59. The number of nitrogens with one attached hydrogen (secondary N) is 1. The van der Waals surface area contributed by atoms with Crippen molar-refractivity contribution >= 4 is 18.7 Å². The molecule has 2 saturated heterocycles. The van der Waals surface area contributed by atoms with Gasteiger partial charge in [-0.25, -0.2) is 14.2 Å². The third-order valence-corrected chi connectivity index (χ3v) is 6.61. The highest BCUT2D eigenvalue weighted by Crippen LogP contribution is 2.37. The van der Waals surface area contributed by atoms with Gasteiger partial charge in [-0.3, -0.25) is 4.90 Å². The molecule has 0 unspecified atom stereocenters. The lowest BCUT2D eigenvalue weighted by molar-refractivity contribution is 0.00578. The van der Waals surface area contributed by atoms with Crippen LogP contribution in [-0.2, 0) is 14.0 Å². The number of benzene rings is 1. The molecule has 0 saturated carbocycles. The van der Waals surface area contributed by atoms with Crippen LogP contribution in [0.3, 0.4) is 0 Å². The highest BCUT2D eigenvalue weighted by atomic mass is 19.1. The molecule has 9 heteroatoms. The van der Waals surface area contributed by atoms with Crippen molar-refractivity contribution < 1.29 is 23.2 Å². The molecule has 3 heterocycles. The topological polar surface area (TPSA) is 76.7 Å². The number of carbonyl (C=O) groups excluding carboxylic acids is 1. The van der Waals surface area contributed by atoms with Crippen LogP contribution >= 0.6 is 0 Å². The summed E-state index contributed by atoms with van der Waals surface area (Å²) < 4.78 is 32.6. The minimum absolute atomic E-state index is 0.192. The van der Waals surface area contributed by atoms with E-state index >= 15 is 4.39 Å². The number of halogens is 1. The Morgan fingerprint density at radius 2 is 1.91 bits per heavy atom. The van der Waals surface area contributed by atoms with Crippen LogP contribution in [0.4, 0.5) is 9.18 Å². The second-order valence-corrected chi connectivity index (χ2v) is 10.8. The maximum Gasteiger partial charge on any atom is 0.497 e. The van der Waals surface area contributed by atoms with Crippen LogP contribution in [0.15, 0.2) is 24.4 Å². The fraction of sp³-hybridized carbons (Fsp3) is 0.583. The monoisotopic (exact) mass is 457 g/mol. The van der Waals surface area contributed by atoms with Gasteiger partial charge in [0.25, 0.3) is 0 Å². The van der Waals surface area contributed by atoms with E-state index in [4.69, 9.17) is 14.0 Å². The van der Waals surface area contributed by atoms with Crippen LogP contribution in [0.2, 0.25) is 0 Å². The van der Waals surface area contributed by atoms with Gasteiger partial charge in [-0.15, -0.1) is 0 Å². The largest absolute Gasteiger partial charge is 0.497 e. The molecular weight excluding hydrogens is 424 g/mol. The van der Waals surface area contributed by atoms with Gasteiger partial charge >= 0.3 is 13.2 Å². The molecule has 2 aliphatic heterocycles. The molecule has 0 bridgehead atoms. The molecule has 33 heavy (non-hydrogen) atoms. The Balaban J connectivity index is 1.52. The Morgan fingerprint density at radius 1 is 1.24 bits per heavy atom. The third kappa shape index (κ3) is 4.66. The van der Waals surface area contributed by atoms with E-state index in [1.807, 2.05) is 54.5 Å². The summed E-state index contributed by atoms with van der Waals surface area (Å²) in [6.07, 6.45) is 2.99. The van der Waals surface area contributed by atoms with E-state index in [2.05, 4.69) is 9.97 Å². The van der Waals surface area contributed by atoms with Crippen molar-refractivity contribution in [1.29, 1.82) is 0 Å². The fourth-order valence-electron chi connectivity index (χ4n) is 4.10. The van der Waals surface area contributed by atoms with Gasteiger partial charge in [0.2, 0.25) is 0 Å². The molecule has 1 amide bonds. The van der Waals surface area contributed by atoms with Crippen LogP contribution in [0.1, 0.15) is 73.2 Å². The summed E-state index contributed by atoms with van der Waals surface area (Å²) in [5.41, 5.74) is 0.0671. The first-order valence-electron chi connectivity index (χ1n) is 11.5. The summed E-state index contributed by atoms with van der Waals surface area (Å²) >= 11 is 0. The molecule has 2 aromatic rings. The molecule has 2 aliphatic rings. The molecule has 1 aromatic carbocycles. The number of nitrogens with zero attached hydrogens (tertiary/aromatic N) is 2. The number of hydrogen-bond acceptors (Lipinski definition) is 5. The second kappa shape index (κ2) is 8.13. The molecule has 0 aliphatic carbocycles. The van der Waals surface area contributed by atoms with Gasteiger partial charge in [-0.2, -0.15) is 0 Å². The average molecular weight is 457 g/mol. The summed E-state index contributed by atoms with van der Waals surface area (Å²) in [7, 11) is -0.762. The van der Waals surface area contributed by atoms with Crippen molar-refractivity contribution in [3.8, 4) is 11.3 Å². The van der Waals surface area contributed by atoms with Gasteiger partial charge in [0.15, 0.2) is 0 Å². The number of H-pyrrole nitrogens is 1. The predicted molar refractivity (Wildman–Crippen MR) is 125 cm³/mol. The van der Waals surface area contributed by atoms with Crippen molar-refractivity contribution in [2.24, 2.45) is 0 Å². The van der Waals surface area contributed by atoms with Crippen molar-refractivity contribution in [1.82, 2.24) is 14.9 Å². The van der Waals surface area contributed by atoms with Crippen LogP contribution in [0.25, 0.3) is 11.3 Å². The second-order valence-electron chi connectivity index (χ2n) is 10.8. The lowest BCUT2D eigenvalue weighted by Crippen LogP contribution is -2.41. The maximum atomic E-state index is 15.1. The molecule has 1 atom stereocenters. The lowest BCUT2D eigenvalue weighted by atomic mass is 9.78. The van der Waals surface area contributed by atoms with Gasteiger partial charge in [-0.1, -0.05) is 12.1 Å². The molecule has 4 rings (SSSR count). The van der Waals surface area contributed by atoms with Crippen molar-refractivity contribution in [3.05, 3.63) is 36.0 Å². The number of likely N-dealkylation sites (tertiary alicyclic amines) is 1. The quantitative estimate of drug-likeness (QED) is 0.683. The van der Waals surface area contributed by atoms with Gasteiger partial charge in [-0.05, 0) is 67.4 Å². The minimum Gasteiger partial charge on any atom is -0.444 e. The molecule has 1 aromatic heterocycles.